The molecule has 3 aromatic rings. The van der Waals surface area contributed by atoms with E-state index < -0.39 is 23.9 Å². The molecule has 2 fully saturated rings. The van der Waals surface area contributed by atoms with Crippen LogP contribution in [0.4, 0.5) is 5.69 Å². The molecule has 2 aliphatic heterocycles. The second-order valence-electron chi connectivity index (χ2n) is 8.08. The fraction of sp³-hybridized carbons (Fsp3) is 0.160. The van der Waals surface area contributed by atoms with Gasteiger partial charge >= 0.3 is 0 Å². The van der Waals surface area contributed by atoms with Crippen molar-refractivity contribution >= 4 is 50.9 Å². The number of anilines is 1. The largest absolute Gasteiger partial charge is 0.274 e. The second-order valence-corrected chi connectivity index (χ2v) is 9.41. The summed E-state index contributed by atoms with van der Waals surface area (Å²) in [7, 11) is 0. The van der Waals surface area contributed by atoms with Crippen LogP contribution in [0, 0.1) is 12.8 Å². The third-order valence-electron chi connectivity index (χ3n) is 6.14. The number of hydrazine groups is 1. The van der Waals surface area contributed by atoms with Crippen LogP contribution in [0.2, 0.25) is 5.02 Å². The molecule has 1 N–H and O–H groups in total. The molecule has 0 aromatic heterocycles. The Labute approximate surface area is 204 Å². The average molecular weight is 525 g/mol. The molecule has 8 heteroatoms. The minimum absolute atomic E-state index is 0.296. The van der Waals surface area contributed by atoms with Crippen LogP contribution < -0.4 is 10.3 Å². The summed E-state index contributed by atoms with van der Waals surface area (Å²) in [5.41, 5.74) is 5.72. The number of imide groups is 1. The minimum Gasteiger partial charge on any atom is -0.274 e. The number of amides is 3. The lowest BCUT2D eigenvalue weighted by Gasteiger charge is -2.26. The van der Waals surface area contributed by atoms with E-state index in [0.29, 0.717) is 16.3 Å². The number of carbonyl (C=O) groups is 3. The van der Waals surface area contributed by atoms with Gasteiger partial charge in [0.1, 0.15) is 6.04 Å². The number of halogens is 2. The number of nitrogens with one attached hydrogen (secondary N) is 1. The van der Waals surface area contributed by atoms with Gasteiger partial charge in [0.05, 0.1) is 22.7 Å². The van der Waals surface area contributed by atoms with Crippen LogP contribution in [0.3, 0.4) is 0 Å². The van der Waals surface area contributed by atoms with Crippen molar-refractivity contribution in [1.82, 2.24) is 10.4 Å². The zero-order chi connectivity index (χ0) is 23.3. The lowest BCUT2D eigenvalue weighted by Crippen LogP contribution is -2.48. The molecule has 2 saturated heterocycles. The summed E-state index contributed by atoms with van der Waals surface area (Å²) in [4.78, 5) is 41.9. The molecule has 3 aromatic carbocycles. The van der Waals surface area contributed by atoms with Crippen molar-refractivity contribution in [3.8, 4) is 0 Å². The number of carbonyl (C=O) groups excluding carboxylic acids is 3. The molecule has 0 radical (unpaired) electrons. The Morgan fingerprint density at radius 2 is 1.70 bits per heavy atom. The summed E-state index contributed by atoms with van der Waals surface area (Å²) in [6, 6.07) is 19.8. The maximum atomic E-state index is 13.7. The van der Waals surface area contributed by atoms with Crippen molar-refractivity contribution in [3.63, 3.8) is 0 Å². The SMILES string of the molecule is Cc1ccccc1[C@@H]1NN(C(=O)c2cccc(Br)c2)[C@@H]2C(=O)N(c3ccccc3Cl)C(=O)[C@@H]21. The number of para-hydroxylation sites is 1. The Bertz CT molecular complexity index is 1300. The summed E-state index contributed by atoms with van der Waals surface area (Å²) in [6.07, 6.45) is 0. The smallest absolute Gasteiger partial charge is 0.268 e. The molecule has 6 nitrogen and oxygen atoms in total. The predicted molar refractivity (Wildman–Crippen MR) is 129 cm³/mol. The second kappa shape index (κ2) is 8.41. The van der Waals surface area contributed by atoms with E-state index in [4.69, 9.17) is 11.6 Å². The Hall–Kier alpha value is -3.00. The molecule has 166 valence electrons. The van der Waals surface area contributed by atoms with E-state index in [0.717, 1.165) is 20.5 Å². The van der Waals surface area contributed by atoms with Crippen molar-refractivity contribution < 1.29 is 14.4 Å². The highest BCUT2D eigenvalue weighted by molar-refractivity contribution is 9.10. The Balaban J connectivity index is 1.62. The number of hydrogen-bond acceptors (Lipinski definition) is 4. The van der Waals surface area contributed by atoms with Gasteiger partial charge in [0.15, 0.2) is 0 Å². The van der Waals surface area contributed by atoms with E-state index in [1.165, 1.54) is 5.01 Å². The maximum Gasteiger partial charge on any atom is 0.268 e. The highest BCUT2D eigenvalue weighted by Gasteiger charge is 2.60. The van der Waals surface area contributed by atoms with E-state index >= 15 is 0 Å². The van der Waals surface area contributed by atoms with Crippen molar-refractivity contribution in [2.75, 3.05) is 4.90 Å². The third kappa shape index (κ3) is 3.57. The van der Waals surface area contributed by atoms with Gasteiger partial charge in [0.2, 0.25) is 5.91 Å². The molecule has 0 unspecified atom stereocenters. The van der Waals surface area contributed by atoms with E-state index in [1.807, 2.05) is 37.3 Å². The summed E-state index contributed by atoms with van der Waals surface area (Å²) in [5.74, 6) is -2.04. The van der Waals surface area contributed by atoms with Crippen LogP contribution in [0.15, 0.2) is 77.3 Å². The molecular weight excluding hydrogens is 506 g/mol. The van der Waals surface area contributed by atoms with E-state index in [2.05, 4.69) is 21.4 Å². The van der Waals surface area contributed by atoms with E-state index in [-0.39, 0.29) is 11.8 Å². The molecule has 0 saturated carbocycles. The molecule has 0 spiro atoms. The van der Waals surface area contributed by atoms with Gasteiger partial charge in [-0.15, -0.1) is 0 Å². The first-order valence-corrected chi connectivity index (χ1v) is 11.6. The quantitative estimate of drug-likeness (QED) is 0.506. The molecule has 3 atom stereocenters. The van der Waals surface area contributed by atoms with Crippen LogP contribution in [-0.2, 0) is 9.59 Å². The van der Waals surface area contributed by atoms with Gasteiger partial charge in [0, 0.05) is 10.0 Å². The van der Waals surface area contributed by atoms with Gasteiger partial charge in [-0.25, -0.2) is 10.3 Å². The Kier molecular flexibility index (Phi) is 5.56. The van der Waals surface area contributed by atoms with Crippen LogP contribution in [0.1, 0.15) is 27.5 Å². The summed E-state index contributed by atoms with van der Waals surface area (Å²) >= 11 is 9.72. The zero-order valence-electron chi connectivity index (χ0n) is 17.5. The first-order chi connectivity index (χ1) is 15.9. The summed E-state index contributed by atoms with van der Waals surface area (Å²) in [5, 5.41) is 1.60. The van der Waals surface area contributed by atoms with Crippen molar-refractivity contribution in [2.45, 2.75) is 19.0 Å². The number of rotatable bonds is 3. The minimum atomic E-state index is -0.995. The Morgan fingerprint density at radius 1 is 0.970 bits per heavy atom. The number of fused-ring (bicyclic) bond motifs is 1. The van der Waals surface area contributed by atoms with Crippen molar-refractivity contribution in [3.05, 3.63) is 99.0 Å². The van der Waals surface area contributed by atoms with Crippen LogP contribution >= 0.6 is 27.5 Å². The number of nitrogens with zero attached hydrogens (tertiary/aromatic N) is 2. The molecule has 33 heavy (non-hydrogen) atoms. The number of benzene rings is 3. The van der Waals surface area contributed by atoms with Gasteiger partial charge in [-0.1, -0.05) is 70.0 Å². The fourth-order valence-electron chi connectivity index (χ4n) is 4.60. The number of aryl methyl sites for hydroxylation is 1. The first kappa shape index (κ1) is 21.8. The standard InChI is InChI=1S/C25H19BrClN3O3/c1-14-7-2-3-10-17(14)21-20-22(30(28-21)23(31)15-8-6-9-16(26)13-15)25(33)29(24(20)32)19-12-5-4-11-18(19)27/h2-13,20-22,28H,1H3/t20-,21+,22+/m1/s1. The summed E-state index contributed by atoms with van der Waals surface area (Å²) < 4.78 is 0.742. The molecule has 3 amide bonds. The van der Waals surface area contributed by atoms with Gasteiger partial charge in [-0.05, 0) is 48.4 Å². The topological polar surface area (TPSA) is 69.7 Å². The van der Waals surface area contributed by atoms with E-state index in [9.17, 15) is 14.4 Å². The van der Waals surface area contributed by atoms with E-state index in [1.54, 1.807) is 42.5 Å². The fourth-order valence-corrected chi connectivity index (χ4v) is 5.22. The lowest BCUT2D eigenvalue weighted by molar-refractivity contribution is -0.123. The van der Waals surface area contributed by atoms with Gasteiger partial charge in [0.25, 0.3) is 11.8 Å². The Morgan fingerprint density at radius 3 is 2.42 bits per heavy atom. The predicted octanol–water partition coefficient (Wildman–Crippen LogP) is 4.67. The monoisotopic (exact) mass is 523 g/mol. The van der Waals surface area contributed by atoms with Gasteiger partial charge < -0.3 is 0 Å². The molecule has 0 bridgehead atoms. The third-order valence-corrected chi connectivity index (χ3v) is 6.95. The van der Waals surface area contributed by atoms with Crippen LogP contribution in [-0.4, -0.2) is 28.8 Å². The van der Waals surface area contributed by atoms with Gasteiger partial charge in [-0.3, -0.25) is 19.4 Å². The van der Waals surface area contributed by atoms with Crippen molar-refractivity contribution in [2.24, 2.45) is 5.92 Å². The average Bonchev–Trinajstić information content (AvgIpc) is 3.31. The molecule has 0 aliphatic carbocycles. The van der Waals surface area contributed by atoms with Gasteiger partial charge in [-0.2, -0.15) is 0 Å². The first-order valence-electron chi connectivity index (χ1n) is 10.4. The van der Waals surface area contributed by atoms with Crippen LogP contribution in [0.25, 0.3) is 0 Å². The highest BCUT2D eigenvalue weighted by Crippen LogP contribution is 2.44. The molecule has 2 aliphatic rings. The lowest BCUT2D eigenvalue weighted by atomic mass is 9.88. The van der Waals surface area contributed by atoms with Crippen LogP contribution in [0.5, 0.6) is 0 Å². The molecular formula is C25H19BrClN3O3. The normalized spacial score (nSPS) is 22.1. The zero-order valence-corrected chi connectivity index (χ0v) is 19.9. The van der Waals surface area contributed by atoms with Crippen molar-refractivity contribution in [1.29, 1.82) is 0 Å². The molecule has 5 rings (SSSR count). The maximum absolute atomic E-state index is 13.7. The number of hydrogen-bond donors (Lipinski definition) is 1. The highest BCUT2D eigenvalue weighted by atomic mass is 79.9. The summed E-state index contributed by atoms with van der Waals surface area (Å²) in [6.45, 7) is 1.94. The molecule has 2 heterocycles.